The molecule has 1 aliphatic heterocycles. The van der Waals surface area contributed by atoms with Crippen LogP contribution in [0.15, 0.2) is 30.3 Å². The highest BCUT2D eigenvalue weighted by molar-refractivity contribution is 5.43. The van der Waals surface area contributed by atoms with Gasteiger partial charge in [-0.05, 0) is 43.7 Å². The summed E-state index contributed by atoms with van der Waals surface area (Å²) in [7, 11) is 0. The molecule has 1 aliphatic carbocycles. The lowest BCUT2D eigenvalue weighted by atomic mass is 9.88. The summed E-state index contributed by atoms with van der Waals surface area (Å²) in [5.74, 6) is 0.754. The molecule has 3 nitrogen and oxygen atoms in total. The minimum absolute atomic E-state index is 0.515. The Morgan fingerprint density at radius 2 is 1.78 bits per heavy atom. The molecular formula is C20H32N2O. The number of para-hydroxylation sites is 1. The second-order valence-electron chi connectivity index (χ2n) is 7.30. The standard InChI is InChI=1S/C20H32N2O/c1-17-7-5-6-10-20(17)23-16-15-22-13-11-19(12-14-22)21-18-8-3-2-4-9-18/h2-4,8-9,17,19-21H,5-7,10-16H2,1H3. The van der Waals surface area contributed by atoms with Crippen LogP contribution in [0.2, 0.25) is 0 Å². The summed E-state index contributed by atoms with van der Waals surface area (Å²) >= 11 is 0. The minimum atomic E-state index is 0.515. The third-order valence-corrected chi connectivity index (χ3v) is 5.50. The number of hydrogen-bond donors (Lipinski definition) is 1. The summed E-state index contributed by atoms with van der Waals surface area (Å²) in [5, 5.41) is 3.66. The van der Waals surface area contributed by atoms with Crippen LogP contribution in [0.25, 0.3) is 0 Å². The van der Waals surface area contributed by atoms with Crippen LogP contribution in [0.3, 0.4) is 0 Å². The topological polar surface area (TPSA) is 24.5 Å². The van der Waals surface area contributed by atoms with E-state index in [0.717, 1.165) is 19.1 Å². The summed E-state index contributed by atoms with van der Waals surface area (Å²) in [6, 6.07) is 11.2. The van der Waals surface area contributed by atoms with Gasteiger partial charge in [0.05, 0.1) is 12.7 Å². The molecule has 3 heteroatoms. The Morgan fingerprint density at radius 1 is 1.04 bits per heavy atom. The maximum atomic E-state index is 6.16. The number of hydrogen-bond acceptors (Lipinski definition) is 3. The monoisotopic (exact) mass is 316 g/mol. The fourth-order valence-electron chi connectivity index (χ4n) is 3.93. The van der Waals surface area contributed by atoms with Gasteiger partial charge in [0.25, 0.3) is 0 Å². The molecule has 0 amide bonds. The molecule has 2 aliphatic rings. The first-order chi connectivity index (χ1) is 11.3. The normalized spacial score (nSPS) is 27.0. The van der Waals surface area contributed by atoms with E-state index in [1.807, 2.05) is 0 Å². The Bertz CT molecular complexity index is 442. The SMILES string of the molecule is CC1CCCCC1OCCN1CCC(Nc2ccccc2)CC1. The minimum Gasteiger partial charge on any atom is -0.382 e. The fourth-order valence-corrected chi connectivity index (χ4v) is 3.93. The van der Waals surface area contributed by atoms with Gasteiger partial charge in [0.15, 0.2) is 0 Å². The van der Waals surface area contributed by atoms with Gasteiger partial charge >= 0.3 is 0 Å². The second kappa shape index (κ2) is 8.70. The molecule has 1 aromatic rings. The van der Waals surface area contributed by atoms with Gasteiger partial charge in [-0.1, -0.05) is 38.0 Å². The van der Waals surface area contributed by atoms with Gasteiger partial charge in [-0.2, -0.15) is 0 Å². The molecule has 0 spiro atoms. The molecule has 2 atom stereocenters. The van der Waals surface area contributed by atoms with Crippen molar-refractivity contribution in [2.24, 2.45) is 5.92 Å². The number of benzene rings is 1. The van der Waals surface area contributed by atoms with Crippen molar-refractivity contribution >= 4 is 5.69 Å². The lowest BCUT2D eigenvalue weighted by molar-refractivity contribution is -0.0154. The Kier molecular flexibility index (Phi) is 6.35. The summed E-state index contributed by atoms with van der Waals surface area (Å²) in [6.07, 6.45) is 8.34. The highest BCUT2D eigenvalue weighted by atomic mass is 16.5. The third kappa shape index (κ3) is 5.22. The summed E-state index contributed by atoms with van der Waals surface area (Å²) in [4.78, 5) is 2.57. The molecule has 2 unspecified atom stereocenters. The molecular weight excluding hydrogens is 284 g/mol. The van der Waals surface area contributed by atoms with E-state index in [4.69, 9.17) is 4.74 Å². The predicted molar refractivity (Wildman–Crippen MR) is 96.9 cm³/mol. The van der Waals surface area contributed by atoms with E-state index >= 15 is 0 Å². The van der Waals surface area contributed by atoms with Crippen molar-refractivity contribution in [3.63, 3.8) is 0 Å². The second-order valence-corrected chi connectivity index (χ2v) is 7.30. The van der Waals surface area contributed by atoms with Crippen LogP contribution in [-0.4, -0.2) is 43.3 Å². The molecule has 2 fully saturated rings. The average molecular weight is 316 g/mol. The van der Waals surface area contributed by atoms with Gasteiger partial charge in [0.1, 0.15) is 0 Å². The van der Waals surface area contributed by atoms with Gasteiger partial charge in [0.2, 0.25) is 0 Å². The third-order valence-electron chi connectivity index (χ3n) is 5.50. The molecule has 1 saturated heterocycles. The van der Waals surface area contributed by atoms with Gasteiger partial charge in [-0.15, -0.1) is 0 Å². The van der Waals surface area contributed by atoms with Crippen molar-refractivity contribution in [3.8, 4) is 0 Å². The molecule has 0 radical (unpaired) electrons. The van der Waals surface area contributed by atoms with E-state index in [-0.39, 0.29) is 0 Å². The first kappa shape index (κ1) is 16.8. The fraction of sp³-hybridized carbons (Fsp3) is 0.700. The molecule has 1 heterocycles. The first-order valence-electron chi connectivity index (χ1n) is 9.47. The zero-order valence-electron chi connectivity index (χ0n) is 14.5. The first-order valence-corrected chi connectivity index (χ1v) is 9.47. The largest absolute Gasteiger partial charge is 0.382 e. The molecule has 128 valence electrons. The lowest BCUT2D eigenvalue weighted by Gasteiger charge is -2.34. The Hall–Kier alpha value is -1.06. The quantitative estimate of drug-likeness (QED) is 0.853. The summed E-state index contributed by atoms with van der Waals surface area (Å²) < 4.78 is 6.16. The van der Waals surface area contributed by atoms with Crippen LogP contribution in [-0.2, 0) is 4.74 Å². The smallest absolute Gasteiger partial charge is 0.0601 e. The summed E-state index contributed by atoms with van der Waals surface area (Å²) in [6.45, 7) is 6.74. The van der Waals surface area contributed by atoms with Gasteiger partial charge in [-0.3, -0.25) is 0 Å². The van der Waals surface area contributed by atoms with E-state index in [1.54, 1.807) is 0 Å². The number of nitrogens with one attached hydrogen (secondary N) is 1. The van der Waals surface area contributed by atoms with Crippen LogP contribution >= 0.6 is 0 Å². The number of likely N-dealkylation sites (tertiary alicyclic amines) is 1. The molecule has 1 saturated carbocycles. The average Bonchev–Trinajstić information content (AvgIpc) is 2.59. The maximum absolute atomic E-state index is 6.16. The molecule has 1 aromatic carbocycles. The maximum Gasteiger partial charge on any atom is 0.0601 e. The van der Waals surface area contributed by atoms with Crippen molar-refractivity contribution in [1.82, 2.24) is 4.90 Å². The van der Waals surface area contributed by atoms with E-state index in [2.05, 4.69) is 47.5 Å². The van der Waals surface area contributed by atoms with Crippen LogP contribution in [0, 0.1) is 5.92 Å². The van der Waals surface area contributed by atoms with E-state index in [1.165, 1.54) is 57.3 Å². The number of nitrogens with zero attached hydrogens (tertiary/aromatic N) is 1. The van der Waals surface area contributed by atoms with E-state index < -0.39 is 0 Å². The van der Waals surface area contributed by atoms with Crippen molar-refractivity contribution < 1.29 is 4.74 Å². The predicted octanol–water partition coefficient (Wildman–Crippen LogP) is 4.16. The lowest BCUT2D eigenvalue weighted by Crippen LogP contribution is -2.41. The van der Waals surface area contributed by atoms with Gasteiger partial charge in [0, 0.05) is 31.4 Å². The molecule has 0 bridgehead atoms. The van der Waals surface area contributed by atoms with E-state index in [0.29, 0.717) is 12.1 Å². The number of anilines is 1. The number of ether oxygens (including phenoxy) is 1. The molecule has 1 N–H and O–H groups in total. The van der Waals surface area contributed by atoms with Crippen LogP contribution in [0.4, 0.5) is 5.69 Å². The van der Waals surface area contributed by atoms with Crippen molar-refractivity contribution in [3.05, 3.63) is 30.3 Å². The Morgan fingerprint density at radius 3 is 2.52 bits per heavy atom. The molecule has 0 aromatic heterocycles. The number of piperidine rings is 1. The molecule has 3 rings (SSSR count). The van der Waals surface area contributed by atoms with Crippen LogP contribution in [0.1, 0.15) is 45.4 Å². The zero-order valence-corrected chi connectivity index (χ0v) is 14.5. The van der Waals surface area contributed by atoms with Crippen LogP contribution < -0.4 is 5.32 Å². The van der Waals surface area contributed by atoms with E-state index in [9.17, 15) is 0 Å². The molecule has 23 heavy (non-hydrogen) atoms. The summed E-state index contributed by atoms with van der Waals surface area (Å²) in [5.41, 5.74) is 1.25. The Balaban J connectivity index is 1.31. The Labute approximate surface area is 141 Å². The van der Waals surface area contributed by atoms with Crippen molar-refractivity contribution in [1.29, 1.82) is 0 Å². The highest BCUT2D eigenvalue weighted by Crippen LogP contribution is 2.26. The zero-order chi connectivity index (χ0) is 15.9. The van der Waals surface area contributed by atoms with Gasteiger partial charge < -0.3 is 15.0 Å². The van der Waals surface area contributed by atoms with Gasteiger partial charge in [-0.25, -0.2) is 0 Å². The van der Waals surface area contributed by atoms with Crippen LogP contribution in [0.5, 0.6) is 0 Å². The van der Waals surface area contributed by atoms with Crippen molar-refractivity contribution in [2.45, 2.75) is 57.6 Å². The number of rotatable bonds is 6. The highest BCUT2D eigenvalue weighted by Gasteiger charge is 2.23. The van der Waals surface area contributed by atoms with Crippen molar-refractivity contribution in [2.75, 3.05) is 31.6 Å².